The quantitative estimate of drug-likeness (QED) is 0.694. The number of hydrogen-bond donors (Lipinski definition) is 1. The molecule has 1 aliphatic heterocycles. The Kier molecular flexibility index (Phi) is 3.65. The topological polar surface area (TPSA) is 83.9 Å². The summed E-state index contributed by atoms with van der Waals surface area (Å²) in [5.74, 6) is -0.731. The molecule has 1 amide bonds. The normalized spacial score (nSPS) is 25.4. The fourth-order valence-corrected chi connectivity index (χ4v) is 2.08. The number of nitrogens with zero attached hydrogens (tertiary/aromatic N) is 1. The lowest BCUT2D eigenvalue weighted by Gasteiger charge is -2.14. The summed E-state index contributed by atoms with van der Waals surface area (Å²) in [4.78, 5) is 36.5. The van der Waals surface area contributed by atoms with Crippen LogP contribution in [0.25, 0.3) is 0 Å². The third kappa shape index (κ3) is 4.11. The van der Waals surface area contributed by atoms with Crippen molar-refractivity contribution in [3.63, 3.8) is 0 Å². The van der Waals surface area contributed by atoms with Crippen molar-refractivity contribution in [1.29, 1.82) is 0 Å². The third-order valence-electron chi connectivity index (χ3n) is 1.84. The molecule has 1 N–H and O–H groups in total. The number of amides is 1. The van der Waals surface area contributed by atoms with E-state index in [9.17, 15) is 14.2 Å². The summed E-state index contributed by atoms with van der Waals surface area (Å²) >= 11 is 0. The number of rotatable bonds is 4. The first-order chi connectivity index (χ1) is 6.78. The lowest BCUT2D eigenvalue weighted by Crippen LogP contribution is -2.31. The molecule has 0 aromatic rings. The smallest absolute Gasteiger partial charge is 0.249 e. The molecule has 15 heavy (non-hydrogen) atoms. The van der Waals surface area contributed by atoms with Crippen LogP contribution >= 0.6 is 7.37 Å². The van der Waals surface area contributed by atoms with Crippen LogP contribution in [0.4, 0.5) is 0 Å². The maximum absolute atomic E-state index is 11.3. The van der Waals surface area contributed by atoms with E-state index in [2.05, 4.69) is 0 Å². The summed E-state index contributed by atoms with van der Waals surface area (Å²) in [5, 5.41) is 0.961. The Morgan fingerprint density at radius 2 is 2.33 bits per heavy atom. The summed E-state index contributed by atoms with van der Waals surface area (Å²) in [6.45, 7) is 2.58. The van der Waals surface area contributed by atoms with E-state index in [4.69, 9.17) is 9.73 Å². The van der Waals surface area contributed by atoms with Gasteiger partial charge in [0.1, 0.15) is 6.54 Å². The van der Waals surface area contributed by atoms with Gasteiger partial charge < -0.3 is 4.89 Å². The zero-order valence-electron chi connectivity index (χ0n) is 8.67. The molecule has 0 aromatic carbocycles. The summed E-state index contributed by atoms with van der Waals surface area (Å²) in [7, 11) is -3.36. The van der Waals surface area contributed by atoms with Crippen LogP contribution in [0.5, 0.6) is 0 Å². The van der Waals surface area contributed by atoms with Crippen LogP contribution in [0.1, 0.15) is 13.3 Å². The highest BCUT2D eigenvalue weighted by Crippen LogP contribution is 2.34. The van der Waals surface area contributed by atoms with E-state index in [1.165, 1.54) is 0 Å². The predicted molar refractivity (Wildman–Crippen MR) is 52.5 cm³/mol. The van der Waals surface area contributed by atoms with Gasteiger partial charge >= 0.3 is 0 Å². The van der Waals surface area contributed by atoms with Gasteiger partial charge in [0.05, 0.1) is 18.7 Å². The van der Waals surface area contributed by atoms with Gasteiger partial charge in [-0.1, -0.05) is 0 Å². The van der Waals surface area contributed by atoms with Gasteiger partial charge in [0.15, 0.2) is 5.78 Å². The summed E-state index contributed by atoms with van der Waals surface area (Å²) in [5.41, 5.74) is 0. The Hall–Kier alpha value is -0.710. The van der Waals surface area contributed by atoms with Gasteiger partial charge in [-0.2, -0.15) is 0 Å². The Morgan fingerprint density at radius 1 is 1.73 bits per heavy atom. The number of hydroxylamine groups is 2. The Bertz CT molecular complexity index is 323. The maximum Gasteiger partial charge on any atom is 0.249 e. The summed E-state index contributed by atoms with van der Waals surface area (Å²) in [6.07, 6.45) is -0.405. The minimum absolute atomic E-state index is 0.229. The molecule has 1 fully saturated rings. The molecule has 0 aromatic heterocycles. The van der Waals surface area contributed by atoms with Gasteiger partial charge in [-0.25, -0.2) is 5.06 Å². The maximum atomic E-state index is 11.3. The molecule has 6 nitrogen and oxygen atoms in total. The van der Waals surface area contributed by atoms with Crippen LogP contribution in [-0.2, 0) is 19.0 Å². The van der Waals surface area contributed by atoms with E-state index < -0.39 is 19.3 Å². The minimum Gasteiger partial charge on any atom is -0.344 e. The first kappa shape index (κ1) is 12.4. The van der Waals surface area contributed by atoms with Crippen molar-refractivity contribution in [2.75, 3.05) is 19.4 Å². The zero-order chi connectivity index (χ0) is 11.6. The standard InChI is InChI=1S/C8H14NO5P/c1-6-3-8(11)9(14-6)4-7(10)5-15(2,12)13/h6H,3-5H2,1-2H3,(H,12,13). The van der Waals surface area contributed by atoms with Crippen molar-refractivity contribution in [3.8, 4) is 0 Å². The van der Waals surface area contributed by atoms with Crippen molar-refractivity contribution in [1.82, 2.24) is 5.06 Å². The highest BCUT2D eigenvalue weighted by atomic mass is 31.2. The number of Topliss-reactive ketones (excluding diaryl/α,β-unsaturated/α-hetero) is 1. The second-order valence-electron chi connectivity index (χ2n) is 3.80. The molecule has 2 unspecified atom stereocenters. The van der Waals surface area contributed by atoms with Gasteiger partial charge in [-0.3, -0.25) is 19.0 Å². The second kappa shape index (κ2) is 4.43. The van der Waals surface area contributed by atoms with Crippen LogP contribution in [0, 0.1) is 0 Å². The van der Waals surface area contributed by atoms with E-state index in [0.29, 0.717) is 0 Å². The van der Waals surface area contributed by atoms with E-state index in [1.54, 1.807) is 6.92 Å². The van der Waals surface area contributed by atoms with Gasteiger partial charge in [0.2, 0.25) is 13.3 Å². The van der Waals surface area contributed by atoms with E-state index in [1.807, 2.05) is 0 Å². The van der Waals surface area contributed by atoms with Crippen molar-refractivity contribution in [3.05, 3.63) is 0 Å². The van der Waals surface area contributed by atoms with Crippen LogP contribution in [-0.4, -0.2) is 47.1 Å². The van der Waals surface area contributed by atoms with Gasteiger partial charge in [-0.15, -0.1) is 0 Å². The molecular weight excluding hydrogens is 221 g/mol. The summed E-state index contributed by atoms with van der Waals surface area (Å²) in [6, 6.07) is 0. The van der Waals surface area contributed by atoms with Crippen molar-refractivity contribution < 1.29 is 23.9 Å². The molecule has 1 saturated heterocycles. The minimum atomic E-state index is -3.36. The number of hydrogen-bond acceptors (Lipinski definition) is 4. The molecule has 1 heterocycles. The van der Waals surface area contributed by atoms with Crippen LogP contribution in [0.15, 0.2) is 0 Å². The molecule has 7 heteroatoms. The SMILES string of the molecule is CC1CC(=O)N(CC(=O)CP(C)(=O)O)O1. The van der Waals surface area contributed by atoms with E-state index >= 15 is 0 Å². The number of ketones is 1. The molecule has 0 saturated carbocycles. The van der Waals surface area contributed by atoms with Crippen LogP contribution < -0.4 is 0 Å². The summed E-state index contributed by atoms with van der Waals surface area (Å²) < 4.78 is 10.9. The highest BCUT2D eigenvalue weighted by Gasteiger charge is 2.30. The van der Waals surface area contributed by atoms with Crippen LogP contribution in [0.3, 0.4) is 0 Å². The average Bonchev–Trinajstić information content (AvgIpc) is 2.25. The number of carbonyl (C=O) groups is 2. The van der Waals surface area contributed by atoms with Gasteiger partial charge in [0, 0.05) is 6.66 Å². The van der Waals surface area contributed by atoms with Crippen LogP contribution in [0.2, 0.25) is 0 Å². The molecule has 0 spiro atoms. The monoisotopic (exact) mass is 235 g/mol. The fourth-order valence-electron chi connectivity index (χ4n) is 1.32. The number of carbonyl (C=O) groups excluding carboxylic acids is 2. The van der Waals surface area contributed by atoms with E-state index in [-0.39, 0.29) is 25.0 Å². The molecule has 1 rings (SSSR count). The molecule has 86 valence electrons. The van der Waals surface area contributed by atoms with Gasteiger partial charge in [-0.05, 0) is 6.92 Å². The fraction of sp³-hybridized carbons (Fsp3) is 0.750. The third-order valence-corrected chi connectivity index (χ3v) is 2.78. The van der Waals surface area contributed by atoms with Gasteiger partial charge in [0.25, 0.3) is 0 Å². The first-order valence-electron chi connectivity index (χ1n) is 4.56. The molecule has 2 atom stereocenters. The molecular formula is C8H14NO5P. The lowest BCUT2D eigenvalue weighted by molar-refractivity contribution is -0.173. The second-order valence-corrected chi connectivity index (χ2v) is 6.22. The molecule has 0 bridgehead atoms. The largest absolute Gasteiger partial charge is 0.344 e. The van der Waals surface area contributed by atoms with Crippen molar-refractivity contribution in [2.24, 2.45) is 0 Å². The Labute approximate surface area is 87.6 Å². The lowest BCUT2D eigenvalue weighted by atomic mass is 10.3. The zero-order valence-corrected chi connectivity index (χ0v) is 9.57. The molecule has 0 aliphatic carbocycles. The molecule has 0 radical (unpaired) electrons. The Balaban J connectivity index is 2.46. The highest BCUT2D eigenvalue weighted by molar-refractivity contribution is 7.58. The average molecular weight is 235 g/mol. The van der Waals surface area contributed by atoms with Crippen molar-refractivity contribution >= 4 is 19.1 Å². The van der Waals surface area contributed by atoms with E-state index in [0.717, 1.165) is 11.7 Å². The predicted octanol–water partition coefficient (Wildman–Crippen LogP) is 0.00810. The first-order valence-corrected chi connectivity index (χ1v) is 6.85. The molecule has 1 aliphatic rings. The Morgan fingerprint density at radius 3 is 2.73 bits per heavy atom. The van der Waals surface area contributed by atoms with Crippen molar-refractivity contribution in [2.45, 2.75) is 19.4 Å².